The normalized spacial score (nSPS) is 24.8. The van der Waals surface area contributed by atoms with Gasteiger partial charge in [-0.1, -0.05) is 0 Å². The Hall–Kier alpha value is -0.680. The molecule has 2 unspecified atom stereocenters. The molecule has 0 amide bonds. The molecule has 0 aromatic carbocycles. The lowest BCUT2D eigenvalue weighted by Gasteiger charge is -2.27. The highest BCUT2D eigenvalue weighted by molar-refractivity contribution is 5.73. The second-order valence-electron chi connectivity index (χ2n) is 4.53. The van der Waals surface area contributed by atoms with Crippen molar-refractivity contribution in [2.45, 2.75) is 38.1 Å². The Labute approximate surface area is 102 Å². The molecule has 2 N–H and O–H groups in total. The third-order valence-corrected chi connectivity index (χ3v) is 3.13. The highest BCUT2D eigenvalue weighted by Gasteiger charge is 2.25. The first-order valence-corrected chi connectivity index (χ1v) is 6.34. The van der Waals surface area contributed by atoms with E-state index in [0.29, 0.717) is 32.0 Å². The molecule has 0 aromatic heterocycles. The maximum Gasteiger partial charge on any atom is 0.320 e. The average Bonchev–Trinajstić information content (AvgIpc) is 2.34. The zero-order valence-corrected chi connectivity index (χ0v) is 10.2. The number of aliphatic carboxylic acids is 1. The Kier molecular flexibility index (Phi) is 7.12. The summed E-state index contributed by atoms with van der Waals surface area (Å²) in [5, 5.41) is 11.9. The minimum atomic E-state index is -0.756. The van der Waals surface area contributed by atoms with Crippen LogP contribution in [0.3, 0.4) is 0 Å². The summed E-state index contributed by atoms with van der Waals surface area (Å²) in [6.45, 7) is 1.60. The number of rotatable bonds is 8. The lowest BCUT2D eigenvalue weighted by atomic mass is 9.89. The van der Waals surface area contributed by atoms with Gasteiger partial charge in [-0.05, 0) is 44.6 Å². The van der Waals surface area contributed by atoms with Gasteiger partial charge in [0.25, 0.3) is 0 Å². The second kappa shape index (κ2) is 8.42. The van der Waals surface area contributed by atoms with Crippen molar-refractivity contribution in [3.05, 3.63) is 0 Å². The van der Waals surface area contributed by atoms with E-state index in [-0.39, 0.29) is 12.7 Å². The van der Waals surface area contributed by atoms with E-state index in [1.165, 1.54) is 0 Å². The van der Waals surface area contributed by atoms with Crippen molar-refractivity contribution in [3.8, 4) is 0 Å². The van der Waals surface area contributed by atoms with Crippen molar-refractivity contribution >= 4 is 5.97 Å². The molecule has 5 heteroatoms. The van der Waals surface area contributed by atoms with E-state index in [1.807, 2.05) is 0 Å². The third-order valence-electron chi connectivity index (χ3n) is 3.13. The predicted octanol–water partition coefficient (Wildman–Crippen LogP) is 1.60. The zero-order chi connectivity index (χ0) is 12.5. The van der Waals surface area contributed by atoms with Crippen LogP contribution in [-0.2, 0) is 9.53 Å². The van der Waals surface area contributed by atoms with Crippen molar-refractivity contribution in [2.24, 2.45) is 5.92 Å². The van der Waals surface area contributed by atoms with E-state index in [9.17, 15) is 9.18 Å². The van der Waals surface area contributed by atoms with Crippen LogP contribution < -0.4 is 5.32 Å². The molecule has 1 rings (SSSR count). The summed E-state index contributed by atoms with van der Waals surface area (Å²) in [5.74, 6) is -0.281. The molecule has 17 heavy (non-hydrogen) atoms. The molecule has 100 valence electrons. The maximum absolute atomic E-state index is 11.8. The van der Waals surface area contributed by atoms with E-state index in [1.54, 1.807) is 0 Å². The molecule has 1 aliphatic heterocycles. The number of nitrogens with one attached hydrogen (secondary N) is 1. The van der Waals surface area contributed by atoms with Crippen molar-refractivity contribution in [2.75, 3.05) is 26.4 Å². The van der Waals surface area contributed by atoms with Gasteiger partial charge in [0.05, 0.1) is 6.67 Å². The quantitative estimate of drug-likeness (QED) is 0.640. The number of piperidine rings is 1. The smallest absolute Gasteiger partial charge is 0.320 e. The summed E-state index contributed by atoms with van der Waals surface area (Å²) in [6, 6.07) is -0.388. The Morgan fingerprint density at radius 1 is 1.41 bits per heavy atom. The van der Waals surface area contributed by atoms with Crippen LogP contribution in [0.25, 0.3) is 0 Å². The van der Waals surface area contributed by atoms with Crippen LogP contribution in [0.15, 0.2) is 0 Å². The summed E-state index contributed by atoms with van der Waals surface area (Å²) >= 11 is 0. The predicted molar refractivity (Wildman–Crippen MR) is 62.8 cm³/mol. The Morgan fingerprint density at radius 3 is 2.88 bits per heavy atom. The molecule has 1 saturated heterocycles. The highest BCUT2D eigenvalue weighted by Crippen LogP contribution is 2.21. The number of carboxylic acids is 1. The van der Waals surface area contributed by atoms with Crippen LogP contribution in [0.2, 0.25) is 0 Å². The van der Waals surface area contributed by atoms with E-state index in [0.717, 1.165) is 25.8 Å². The molecule has 1 fully saturated rings. The van der Waals surface area contributed by atoms with Crippen molar-refractivity contribution in [1.82, 2.24) is 5.32 Å². The number of alkyl halides is 1. The van der Waals surface area contributed by atoms with E-state index in [4.69, 9.17) is 9.84 Å². The topological polar surface area (TPSA) is 58.6 Å². The molecular weight excluding hydrogens is 225 g/mol. The first kappa shape index (κ1) is 14.4. The first-order chi connectivity index (χ1) is 8.24. The van der Waals surface area contributed by atoms with E-state index >= 15 is 0 Å². The summed E-state index contributed by atoms with van der Waals surface area (Å²) in [5.41, 5.74) is 0. The van der Waals surface area contributed by atoms with Gasteiger partial charge in [-0.25, -0.2) is 0 Å². The van der Waals surface area contributed by atoms with E-state index in [2.05, 4.69) is 5.32 Å². The van der Waals surface area contributed by atoms with Gasteiger partial charge in [-0.3, -0.25) is 9.18 Å². The van der Waals surface area contributed by atoms with Crippen LogP contribution in [-0.4, -0.2) is 43.6 Å². The molecule has 0 saturated carbocycles. The number of halogens is 1. The average molecular weight is 247 g/mol. The SMILES string of the molecule is O=C(O)C1CC(CCCOCCCF)CCN1. The first-order valence-electron chi connectivity index (χ1n) is 6.34. The lowest BCUT2D eigenvalue weighted by molar-refractivity contribution is -0.140. The Balaban J connectivity index is 2.04. The number of carboxylic acid groups (broad SMARTS) is 1. The van der Waals surface area contributed by atoms with Gasteiger partial charge < -0.3 is 15.2 Å². The molecule has 2 atom stereocenters. The van der Waals surface area contributed by atoms with Gasteiger partial charge in [0.2, 0.25) is 0 Å². The third kappa shape index (κ3) is 5.98. The second-order valence-corrected chi connectivity index (χ2v) is 4.53. The zero-order valence-electron chi connectivity index (χ0n) is 10.2. The molecule has 1 heterocycles. The van der Waals surface area contributed by atoms with Gasteiger partial charge in [0.1, 0.15) is 6.04 Å². The highest BCUT2D eigenvalue weighted by atomic mass is 19.1. The fraction of sp³-hybridized carbons (Fsp3) is 0.917. The molecule has 0 aliphatic carbocycles. The van der Waals surface area contributed by atoms with Gasteiger partial charge in [-0.15, -0.1) is 0 Å². The number of hydrogen-bond donors (Lipinski definition) is 2. The summed E-state index contributed by atoms with van der Waals surface area (Å²) in [6.07, 6.45) is 4.15. The standard InChI is InChI=1S/C12H22FNO3/c13-5-2-8-17-7-1-3-10-4-6-14-11(9-10)12(15)16/h10-11,14H,1-9H2,(H,15,16). The Morgan fingerprint density at radius 2 is 2.18 bits per heavy atom. The lowest BCUT2D eigenvalue weighted by Crippen LogP contribution is -2.43. The minimum absolute atomic E-state index is 0.325. The van der Waals surface area contributed by atoms with Crippen molar-refractivity contribution in [1.29, 1.82) is 0 Å². The molecule has 0 aromatic rings. The molecule has 0 bridgehead atoms. The van der Waals surface area contributed by atoms with E-state index < -0.39 is 5.97 Å². The molecular formula is C12H22FNO3. The van der Waals surface area contributed by atoms with Crippen LogP contribution in [0, 0.1) is 5.92 Å². The fourth-order valence-electron chi connectivity index (χ4n) is 2.18. The van der Waals surface area contributed by atoms with Crippen molar-refractivity contribution < 1.29 is 19.0 Å². The summed E-state index contributed by atoms with van der Waals surface area (Å²) < 4.78 is 17.0. The van der Waals surface area contributed by atoms with Crippen LogP contribution in [0.5, 0.6) is 0 Å². The van der Waals surface area contributed by atoms with Gasteiger partial charge in [0.15, 0.2) is 0 Å². The monoisotopic (exact) mass is 247 g/mol. The number of ether oxygens (including phenoxy) is 1. The molecule has 4 nitrogen and oxygen atoms in total. The van der Waals surface area contributed by atoms with Gasteiger partial charge in [0, 0.05) is 13.2 Å². The van der Waals surface area contributed by atoms with Crippen LogP contribution in [0.4, 0.5) is 4.39 Å². The molecule has 0 radical (unpaired) electrons. The largest absolute Gasteiger partial charge is 0.480 e. The number of hydrogen-bond acceptors (Lipinski definition) is 3. The summed E-state index contributed by atoms with van der Waals surface area (Å²) in [7, 11) is 0. The molecule has 1 aliphatic rings. The number of carbonyl (C=O) groups is 1. The Bertz CT molecular complexity index is 226. The fourth-order valence-corrected chi connectivity index (χ4v) is 2.18. The summed E-state index contributed by atoms with van der Waals surface area (Å²) in [4.78, 5) is 10.8. The van der Waals surface area contributed by atoms with Crippen LogP contribution in [0.1, 0.15) is 32.1 Å². The van der Waals surface area contributed by atoms with Crippen LogP contribution >= 0.6 is 0 Å². The molecule has 0 spiro atoms. The van der Waals surface area contributed by atoms with Crippen molar-refractivity contribution in [3.63, 3.8) is 0 Å². The minimum Gasteiger partial charge on any atom is -0.480 e. The van der Waals surface area contributed by atoms with Gasteiger partial charge >= 0.3 is 5.97 Å². The van der Waals surface area contributed by atoms with Gasteiger partial charge in [-0.2, -0.15) is 0 Å². The maximum atomic E-state index is 11.8.